The van der Waals surface area contributed by atoms with Gasteiger partial charge in [-0.15, -0.1) is 0 Å². The molecule has 0 atom stereocenters. The van der Waals surface area contributed by atoms with Crippen molar-refractivity contribution in [3.8, 4) is 0 Å². The van der Waals surface area contributed by atoms with Gasteiger partial charge in [-0.1, -0.05) is 6.07 Å². The van der Waals surface area contributed by atoms with Crippen molar-refractivity contribution in [3.63, 3.8) is 0 Å². The first-order chi connectivity index (χ1) is 12.8. The molecule has 0 bridgehead atoms. The lowest BCUT2D eigenvalue weighted by molar-refractivity contribution is -0.225. The Morgan fingerprint density at radius 3 is 2.26 bits per heavy atom. The fourth-order valence-corrected chi connectivity index (χ4v) is 3.81. The number of benzene rings is 1. The SMILES string of the molecule is O=C1CCC(=O)OC2(CNCCc3c2ccc(C(F)(F)F)c3N2CCC2)O1. The van der Waals surface area contributed by atoms with E-state index in [1.807, 2.05) is 0 Å². The van der Waals surface area contributed by atoms with E-state index in [9.17, 15) is 22.8 Å². The summed E-state index contributed by atoms with van der Waals surface area (Å²) in [6, 6.07) is 2.27. The number of fused-ring (bicyclic) bond motifs is 2. The Morgan fingerprint density at radius 1 is 1.04 bits per heavy atom. The van der Waals surface area contributed by atoms with Crippen molar-refractivity contribution in [2.75, 3.05) is 31.1 Å². The number of hydrogen-bond acceptors (Lipinski definition) is 6. The predicted molar refractivity (Wildman–Crippen MR) is 87.9 cm³/mol. The van der Waals surface area contributed by atoms with Crippen molar-refractivity contribution in [3.05, 3.63) is 28.8 Å². The summed E-state index contributed by atoms with van der Waals surface area (Å²) in [5.74, 6) is -2.96. The van der Waals surface area contributed by atoms with E-state index < -0.39 is 29.5 Å². The maximum absolute atomic E-state index is 13.7. The van der Waals surface area contributed by atoms with Gasteiger partial charge in [-0.05, 0) is 31.0 Å². The molecule has 0 unspecified atom stereocenters. The van der Waals surface area contributed by atoms with E-state index in [-0.39, 0.29) is 25.1 Å². The highest BCUT2D eigenvalue weighted by Crippen LogP contribution is 2.45. The molecule has 1 aromatic carbocycles. The van der Waals surface area contributed by atoms with Crippen molar-refractivity contribution in [1.29, 1.82) is 0 Å². The zero-order valence-corrected chi connectivity index (χ0v) is 14.5. The van der Waals surface area contributed by atoms with Crippen molar-refractivity contribution < 1.29 is 32.2 Å². The van der Waals surface area contributed by atoms with Gasteiger partial charge in [0.25, 0.3) is 5.79 Å². The lowest BCUT2D eigenvalue weighted by Crippen LogP contribution is -2.44. The van der Waals surface area contributed by atoms with Gasteiger partial charge in [0.2, 0.25) is 0 Å². The number of hydrogen-bond donors (Lipinski definition) is 1. The number of rotatable bonds is 1. The maximum Gasteiger partial charge on any atom is 0.418 e. The molecule has 2 fully saturated rings. The molecule has 27 heavy (non-hydrogen) atoms. The minimum atomic E-state index is -4.51. The number of esters is 2. The molecule has 1 N–H and O–H groups in total. The summed E-state index contributed by atoms with van der Waals surface area (Å²) in [6.07, 6.45) is -3.62. The van der Waals surface area contributed by atoms with Crippen LogP contribution in [0.5, 0.6) is 0 Å². The molecule has 0 aromatic heterocycles. The van der Waals surface area contributed by atoms with Crippen LogP contribution in [0.15, 0.2) is 12.1 Å². The number of alkyl halides is 3. The van der Waals surface area contributed by atoms with Crippen LogP contribution in [0.1, 0.15) is 36.0 Å². The standard InChI is InChI=1S/C18H19F3N2O4/c19-18(20,21)13-3-2-12-11(16(13)23-8-1-9-23)6-7-22-10-17(12)26-14(24)4-5-15(25)27-17/h2-3,22H,1,4-10H2. The lowest BCUT2D eigenvalue weighted by atomic mass is 9.91. The normalized spacial score (nSPS) is 22.3. The predicted octanol–water partition coefficient (Wildman–Crippen LogP) is 2.09. The number of anilines is 1. The number of carbonyl (C=O) groups excluding carboxylic acids is 2. The van der Waals surface area contributed by atoms with E-state index in [0.717, 1.165) is 12.5 Å². The van der Waals surface area contributed by atoms with Gasteiger partial charge in [0, 0.05) is 18.7 Å². The molecule has 0 aliphatic carbocycles. The van der Waals surface area contributed by atoms with Crippen LogP contribution in [0.3, 0.4) is 0 Å². The molecule has 0 saturated carbocycles. The fourth-order valence-electron chi connectivity index (χ4n) is 3.81. The highest BCUT2D eigenvalue weighted by atomic mass is 19.4. The second kappa shape index (κ2) is 6.40. The van der Waals surface area contributed by atoms with Gasteiger partial charge >= 0.3 is 18.1 Å². The molecule has 4 rings (SSSR count). The zero-order chi connectivity index (χ0) is 19.2. The number of ether oxygens (including phenoxy) is 2. The van der Waals surface area contributed by atoms with Gasteiger partial charge in [-0.3, -0.25) is 9.59 Å². The van der Waals surface area contributed by atoms with Gasteiger partial charge in [0.05, 0.1) is 30.6 Å². The van der Waals surface area contributed by atoms with Gasteiger partial charge in [0.1, 0.15) is 0 Å². The third-order valence-electron chi connectivity index (χ3n) is 5.17. The Bertz CT molecular complexity index is 772. The molecule has 1 spiro atoms. The van der Waals surface area contributed by atoms with E-state index in [4.69, 9.17) is 9.47 Å². The summed E-state index contributed by atoms with van der Waals surface area (Å²) in [5.41, 5.74) is 0.109. The Morgan fingerprint density at radius 2 is 1.70 bits per heavy atom. The van der Waals surface area contributed by atoms with Crippen molar-refractivity contribution in [2.45, 2.75) is 37.6 Å². The summed E-state index contributed by atoms with van der Waals surface area (Å²) < 4.78 is 51.9. The van der Waals surface area contributed by atoms with Crippen LogP contribution in [-0.2, 0) is 37.4 Å². The summed E-state index contributed by atoms with van der Waals surface area (Å²) in [7, 11) is 0. The van der Waals surface area contributed by atoms with E-state index in [0.29, 0.717) is 37.2 Å². The van der Waals surface area contributed by atoms with Gasteiger partial charge in [0.15, 0.2) is 0 Å². The van der Waals surface area contributed by atoms with E-state index >= 15 is 0 Å². The van der Waals surface area contributed by atoms with Crippen LogP contribution in [0.25, 0.3) is 0 Å². The molecule has 2 saturated heterocycles. The van der Waals surface area contributed by atoms with Crippen LogP contribution in [0, 0.1) is 0 Å². The topological polar surface area (TPSA) is 67.9 Å². The average molecular weight is 384 g/mol. The largest absolute Gasteiger partial charge is 0.418 e. The molecule has 0 radical (unpaired) electrons. The number of halogens is 3. The minimum absolute atomic E-state index is 0.00227. The third kappa shape index (κ3) is 3.13. The van der Waals surface area contributed by atoms with Crippen molar-refractivity contribution in [1.82, 2.24) is 5.32 Å². The molecule has 3 aliphatic rings. The van der Waals surface area contributed by atoms with Crippen LogP contribution in [0.4, 0.5) is 18.9 Å². The van der Waals surface area contributed by atoms with Crippen LogP contribution >= 0.6 is 0 Å². The average Bonchev–Trinajstić information content (AvgIpc) is 2.79. The van der Waals surface area contributed by atoms with Gasteiger partial charge in [-0.2, -0.15) is 13.2 Å². The van der Waals surface area contributed by atoms with Crippen LogP contribution < -0.4 is 10.2 Å². The highest BCUT2D eigenvalue weighted by Gasteiger charge is 2.48. The molecular weight excluding hydrogens is 365 g/mol. The second-order valence-electron chi connectivity index (χ2n) is 6.95. The molecule has 1 aromatic rings. The Kier molecular flexibility index (Phi) is 4.29. The number of carbonyl (C=O) groups is 2. The number of nitrogens with zero attached hydrogens (tertiary/aromatic N) is 1. The summed E-state index contributed by atoms with van der Waals surface area (Å²) in [6.45, 7) is 1.44. The van der Waals surface area contributed by atoms with Crippen LogP contribution in [-0.4, -0.2) is 38.1 Å². The molecule has 146 valence electrons. The maximum atomic E-state index is 13.7. The van der Waals surface area contributed by atoms with E-state index in [2.05, 4.69) is 5.32 Å². The molecule has 0 amide bonds. The monoisotopic (exact) mass is 384 g/mol. The minimum Gasteiger partial charge on any atom is -0.416 e. The summed E-state index contributed by atoms with van der Waals surface area (Å²) in [5, 5.41) is 3.03. The lowest BCUT2D eigenvalue weighted by Gasteiger charge is -2.39. The van der Waals surface area contributed by atoms with Crippen molar-refractivity contribution in [2.24, 2.45) is 0 Å². The Balaban J connectivity index is 1.92. The van der Waals surface area contributed by atoms with Gasteiger partial charge in [-0.25, -0.2) is 0 Å². The third-order valence-corrected chi connectivity index (χ3v) is 5.17. The molecule has 3 heterocycles. The molecular formula is C18H19F3N2O4. The zero-order valence-electron chi connectivity index (χ0n) is 14.5. The summed E-state index contributed by atoms with van der Waals surface area (Å²) >= 11 is 0. The second-order valence-corrected chi connectivity index (χ2v) is 6.95. The fraction of sp³-hybridized carbons (Fsp3) is 0.556. The van der Waals surface area contributed by atoms with E-state index in [1.165, 1.54) is 6.07 Å². The van der Waals surface area contributed by atoms with Crippen LogP contribution in [0.2, 0.25) is 0 Å². The number of nitrogens with one attached hydrogen (secondary N) is 1. The van der Waals surface area contributed by atoms with E-state index in [1.54, 1.807) is 4.90 Å². The summed E-state index contributed by atoms with van der Waals surface area (Å²) in [4.78, 5) is 25.8. The van der Waals surface area contributed by atoms with Crippen molar-refractivity contribution >= 4 is 17.6 Å². The highest BCUT2D eigenvalue weighted by molar-refractivity contribution is 5.80. The first-order valence-corrected chi connectivity index (χ1v) is 8.93. The smallest absolute Gasteiger partial charge is 0.416 e. The first-order valence-electron chi connectivity index (χ1n) is 8.93. The Labute approximate surface area is 153 Å². The molecule has 9 heteroatoms. The molecule has 6 nitrogen and oxygen atoms in total. The Hall–Kier alpha value is -2.29. The molecule has 3 aliphatic heterocycles. The van der Waals surface area contributed by atoms with Gasteiger partial charge < -0.3 is 19.7 Å². The first kappa shape index (κ1) is 18.1. The quantitative estimate of drug-likeness (QED) is 0.748.